The van der Waals surface area contributed by atoms with Gasteiger partial charge in [0.1, 0.15) is 0 Å². The Labute approximate surface area is 108 Å². The molecule has 0 aromatic carbocycles. The SMILES string of the molecule is CCOC(C)(C)CNC(=O)CC1CSCCN1. The molecule has 1 aliphatic rings. The van der Waals surface area contributed by atoms with E-state index < -0.39 is 0 Å². The average molecular weight is 260 g/mol. The van der Waals surface area contributed by atoms with Crippen LogP contribution >= 0.6 is 11.8 Å². The maximum Gasteiger partial charge on any atom is 0.221 e. The first-order valence-corrected chi connectivity index (χ1v) is 7.41. The molecule has 1 amide bonds. The molecule has 0 aliphatic carbocycles. The van der Waals surface area contributed by atoms with E-state index in [0.717, 1.165) is 18.1 Å². The second kappa shape index (κ2) is 7.24. The van der Waals surface area contributed by atoms with Gasteiger partial charge in [-0.1, -0.05) is 0 Å². The Morgan fingerprint density at radius 2 is 2.35 bits per heavy atom. The smallest absolute Gasteiger partial charge is 0.221 e. The topological polar surface area (TPSA) is 50.4 Å². The summed E-state index contributed by atoms with van der Waals surface area (Å²) in [5.41, 5.74) is -0.279. The summed E-state index contributed by atoms with van der Waals surface area (Å²) in [4.78, 5) is 11.7. The van der Waals surface area contributed by atoms with E-state index in [1.54, 1.807) is 0 Å². The van der Waals surface area contributed by atoms with E-state index in [1.807, 2.05) is 32.5 Å². The van der Waals surface area contributed by atoms with Gasteiger partial charge in [-0.05, 0) is 20.8 Å². The first-order chi connectivity index (χ1) is 8.03. The Hall–Kier alpha value is -0.260. The second-order valence-electron chi connectivity index (χ2n) is 4.90. The lowest BCUT2D eigenvalue weighted by Crippen LogP contribution is -2.45. The lowest BCUT2D eigenvalue weighted by atomic mass is 10.1. The van der Waals surface area contributed by atoms with Crippen molar-refractivity contribution in [3.05, 3.63) is 0 Å². The van der Waals surface area contributed by atoms with E-state index in [9.17, 15) is 4.79 Å². The molecule has 0 aromatic rings. The summed E-state index contributed by atoms with van der Waals surface area (Å²) in [7, 11) is 0. The highest BCUT2D eigenvalue weighted by molar-refractivity contribution is 7.99. The highest BCUT2D eigenvalue weighted by Crippen LogP contribution is 2.11. The van der Waals surface area contributed by atoms with Crippen LogP contribution in [-0.4, -0.2) is 48.8 Å². The standard InChI is InChI=1S/C12H24N2O2S/c1-4-16-12(2,3)9-14-11(15)7-10-8-17-6-5-13-10/h10,13H,4-9H2,1-3H3,(H,14,15). The predicted octanol–water partition coefficient (Wildman–Crippen LogP) is 1.01. The van der Waals surface area contributed by atoms with Crippen LogP contribution in [0.5, 0.6) is 0 Å². The fraction of sp³-hybridized carbons (Fsp3) is 0.917. The Morgan fingerprint density at radius 3 is 2.94 bits per heavy atom. The number of thioether (sulfide) groups is 1. The zero-order chi connectivity index (χ0) is 12.7. The maximum atomic E-state index is 11.7. The van der Waals surface area contributed by atoms with Gasteiger partial charge in [-0.15, -0.1) is 0 Å². The molecule has 1 fully saturated rings. The molecule has 5 heteroatoms. The van der Waals surface area contributed by atoms with Crippen LogP contribution in [0.15, 0.2) is 0 Å². The third kappa shape index (κ3) is 6.29. The summed E-state index contributed by atoms with van der Waals surface area (Å²) in [6, 6.07) is 0.323. The summed E-state index contributed by atoms with van der Waals surface area (Å²) < 4.78 is 5.54. The van der Waals surface area contributed by atoms with E-state index in [2.05, 4.69) is 10.6 Å². The first-order valence-electron chi connectivity index (χ1n) is 6.25. The fourth-order valence-electron chi connectivity index (χ4n) is 1.80. The monoisotopic (exact) mass is 260 g/mol. The molecule has 0 saturated carbocycles. The number of carbonyl (C=O) groups excluding carboxylic acids is 1. The Morgan fingerprint density at radius 1 is 1.59 bits per heavy atom. The van der Waals surface area contributed by atoms with Gasteiger partial charge >= 0.3 is 0 Å². The van der Waals surface area contributed by atoms with Crippen molar-refractivity contribution in [2.75, 3.05) is 31.2 Å². The number of carbonyl (C=O) groups is 1. The van der Waals surface area contributed by atoms with Crippen LogP contribution in [0, 0.1) is 0 Å². The van der Waals surface area contributed by atoms with Crippen molar-refractivity contribution in [1.82, 2.24) is 10.6 Å². The van der Waals surface area contributed by atoms with Gasteiger partial charge in [0.25, 0.3) is 0 Å². The lowest BCUT2D eigenvalue weighted by Gasteiger charge is -2.26. The zero-order valence-electron chi connectivity index (χ0n) is 11.0. The molecular formula is C12H24N2O2S. The molecule has 0 bridgehead atoms. The molecule has 1 aliphatic heterocycles. The minimum atomic E-state index is -0.279. The molecule has 1 saturated heterocycles. The summed E-state index contributed by atoms with van der Waals surface area (Å²) in [6.45, 7) is 8.19. The number of hydrogen-bond donors (Lipinski definition) is 2. The zero-order valence-corrected chi connectivity index (χ0v) is 11.9. The minimum Gasteiger partial charge on any atom is -0.374 e. The van der Waals surface area contributed by atoms with Crippen LogP contribution in [0.2, 0.25) is 0 Å². The van der Waals surface area contributed by atoms with Crippen molar-refractivity contribution in [3.63, 3.8) is 0 Å². The lowest BCUT2D eigenvalue weighted by molar-refractivity contribution is -0.123. The van der Waals surface area contributed by atoms with Crippen LogP contribution < -0.4 is 10.6 Å². The molecule has 4 nitrogen and oxygen atoms in total. The van der Waals surface area contributed by atoms with Crippen molar-refractivity contribution >= 4 is 17.7 Å². The van der Waals surface area contributed by atoms with E-state index in [0.29, 0.717) is 25.6 Å². The second-order valence-corrected chi connectivity index (χ2v) is 6.05. The van der Waals surface area contributed by atoms with Gasteiger partial charge in [0.15, 0.2) is 0 Å². The van der Waals surface area contributed by atoms with Crippen LogP contribution in [-0.2, 0) is 9.53 Å². The average Bonchev–Trinajstić information content (AvgIpc) is 2.28. The minimum absolute atomic E-state index is 0.109. The van der Waals surface area contributed by atoms with E-state index in [-0.39, 0.29) is 11.5 Å². The van der Waals surface area contributed by atoms with E-state index in [1.165, 1.54) is 0 Å². The molecule has 2 N–H and O–H groups in total. The van der Waals surface area contributed by atoms with Gasteiger partial charge in [-0.2, -0.15) is 11.8 Å². The van der Waals surface area contributed by atoms with Crippen molar-refractivity contribution in [2.24, 2.45) is 0 Å². The maximum absolute atomic E-state index is 11.7. The van der Waals surface area contributed by atoms with Crippen LogP contribution in [0.25, 0.3) is 0 Å². The van der Waals surface area contributed by atoms with Crippen molar-refractivity contribution in [2.45, 2.75) is 38.8 Å². The van der Waals surface area contributed by atoms with Crippen molar-refractivity contribution < 1.29 is 9.53 Å². The molecule has 0 spiro atoms. The normalized spacial score (nSPS) is 21.2. The quantitative estimate of drug-likeness (QED) is 0.748. The summed E-state index contributed by atoms with van der Waals surface area (Å²) in [5.74, 6) is 2.29. The van der Waals surface area contributed by atoms with Gasteiger partial charge in [0.05, 0.1) is 5.60 Å². The third-order valence-corrected chi connectivity index (χ3v) is 3.81. The fourth-order valence-corrected chi connectivity index (χ4v) is 2.75. The van der Waals surface area contributed by atoms with Gasteiger partial charge in [0.2, 0.25) is 5.91 Å². The Bertz CT molecular complexity index is 241. The summed E-state index contributed by atoms with van der Waals surface area (Å²) in [6.07, 6.45) is 0.565. The first kappa shape index (κ1) is 14.8. The van der Waals surface area contributed by atoms with Gasteiger partial charge < -0.3 is 15.4 Å². The molecule has 17 heavy (non-hydrogen) atoms. The van der Waals surface area contributed by atoms with Gasteiger partial charge in [0, 0.05) is 43.7 Å². The van der Waals surface area contributed by atoms with Crippen LogP contribution in [0.3, 0.4) is 0 Å². The number of nitrogens with one attached hydrogen (secondary N) is 2. The highest BCUT2D eigenvalue weighted by Gasteiger charge is 2.21. The van der Waals surface area contributed by atoms with Crippen molar-refractivity contribution in [3.8, 4) is 0 Å². The van der Waals surface area contributed by atoms with Gasteiger partial charge in [-0.25, -0.2) is 0 Å². The summed E-state index contributed by atoms with van der Waals surface area (Å²) in [5, 5.41) is 6.30. The molecule has 1 heterocycles. The van der Waals surface area contributed by atoms with Crippen LogP contribution in [0.4, 0.5) is 0 Å². The molecule has 0 aromatic heterocycles. The Balaban J connectivity index is 2.20. The largest absolute Gasteiger partial charge is 0.374 e. The number of amides is 1. The summed E-state index contributed by atoms with van der Waals surface area (Å²) >= 11 is 1.91. The van der Waals surface area contributed by atoms with Gasteiger partial charge in [-0.3, -0.25) is 4.79 Å². The number of rotatable bonds is 6. The van der Waals surface area contributed by atoms with E-state index in [4.69, 9.17) is 4.74 Å². The molecule has 100 valence electrons. The van der Waals surface area contributed by atoms with E-state index >= 15 is 0 Å². The molecular weight excluding hydrogens is 236 g/mol. The number of ether oxygens (including phenoxy) is 1. The molecule has 0 radical (unpaired) electrons. The number of hydrogen-bond acceptors (Lipinski definition) is 4. The predicted molar refractivity (Wildman–Crippen MR) is 72.4 cm³/mol. The molecule has 1 unspecified atom stereocenters. The van der Waals surface area contributed by atoms with Crippen LogP contribution in [0.1, 0.15) is 27.2 Å². The third-order valence-electron chi connectivity index (χ3n) is 2.68. The Kier molecular flexibility index (Phi) is 6.30. The molecule has 1 rings (SSSR count). The van der Waals surface area contributed by atoms with Crippen molar-refractivity contribution in [1.29, 1.82) is 0 Å². The molecule has 1 atom stereocenters. The highest BCUT2D eigenvalue weighted by atomic mass is 32.2.